The van der Waals surface area contributed by atoms with Crippen molar-refractivity contribution in [3.8, 4) is 5.75 Å². The van der Waals surface area contributed by atoms with E-state index >= 15 is 0 Å². The Morgan fingerprint density at radius 2 is 1.86 bits per heavy atom. The third-order valence-electron chi connectivity index (χ3n) is 5.41. The number of aromatic hydroxyl groups is 1. The van der Waals surface area contributed by atoms with Crippen LogP contribution in [0.15, 0.2) is 54.6 Å². The van der Waals surface area contributed by atoms with Gasteiger partial charge in [0.25, 0.3) is 5.91 Å². The van der Waals surface area contributed by atoms with Gasteiger partial charge in [-0.15, -0.1) is 11.3 Å². The van der Waals surface area contributed by atoms with Gasteiger partial charge in [-0.2, -0.15) is 0 Å². The van der Waals surface area contributed by atoms with E-state index in [1.165, 1.54) is 16.0 Å². The molecule has 3 aromatic rings. The Morgan fingerprint density at radius 1 is 1.07 bits per heavy atom. The van der Waals surface area contributed by atoms with E-state index in [0.717, 1.165) is 36.6 Å². The average Bonchev–Trinajstić information content (AvgIpc) is 3.07. The largest absolute Gasteiger partial charge is 0.508 e. The minimum absolute atomic E-state index is 0.0592. The van der Waals surface area contributed by atoms with Crippen molar-refractivity contribution in [3.63, 3.8) is 0 Å². The van der Waals surface area contributed by atoms with E-state index in [1.54, 1.807) is 23.5 Å². The Bertz CT molecular complexity index is 1030. The second kappa shape index (κ2) is 6.96. The lowest BCUT2D eigenvalue weighted by Crippen LogP contribution is -2.38. The zero-order valence-corrected chi connectivity index (χ0v) is 16.1. The highest BCUT2D eigenvalue weighted by Crippen LogP contribution is 2.41. The number of benzene rings is 2. The molecule has 28 heavy (non-hydrogen) atoms. The van der Waals surface area contributed by atoms with Crippen LogP contribution in [0.25, 0.3) is 0 Å². The molecule has 0 unspecified atom stereocenters. The van der Waals surface area contributed by atoms with Gasteiger partial charge in [0.05, 0.1) is 5.56 Å². The fraction of sp³-hybridized carbons (Fsp3) is 0.227. The van der Waals surface area contributed by atoms with E-state index in [1.807, 2.05) is 18.2 Å². The van der Waals surface area contributed by atoms with Gasteiger partial charge in [0.1, 0.15) is 16.9 Å². The van der Waals surface area contributed by atoms with Crippen molar-refractivity contribution in [2.45, 2.75) is 25.7 Å². The molecule has 0 saturated carbocycles. The van der Waals surface area contributed by atoms with E-state index in [9.17, 15) is 9.90 Å². The number of nitrogens with one attached hydrogen (secondary N) is 2. The maximum absolute atomic E-state index is 12.8. The normalized spacial score (nSPS) is 18.7. The standard InChI is InChI=1S/C22H21N3O2S/c26-17-9-5-4-8-15(17)20-23-21(27)19-16-10-11-25(12-14-6-2-1-3-7-14)13-18(16)28-22(19)24-20/h1-9,20,24,26H,10-13H2,(H,23,27)/t20-/m0/s1. The number of carbonyl (C=O) groups is 1. The smallest absolute Gasteiger partial charge is 0.256 e. The molecule has 0 radical (unpaired) electrons. The van der Waals surface area contributed by atoms with Crippen LogP contribution in [0.5, 0.6) is 5.75 Å². The van der Waals surface area contributed by atoms with Crippen molar-refractivity contribution in [1.82, 2.24) is 10.2 Å². The van der Waals surface area contributed by atoms with E-state index in [0.29, 0.717) is 5.56 Å². The molecule has 2 aromatic carbocycles. The molecule has 0 bridgehead atoms. The van der Waals surface area contributed by atoms with Gasteiger partial charge in [0.2, 0.25) is 0 Å². The summed E-state index contributed by atoms with van der Waals surface area (Å²) in [6.07, 6.45) is 0.464. The molecule has 1 atom stereocenters. The maximum Gasteiger partial charge on any atom is 0.256 e. The van der Waals surface area contributed by atoms with Crippen LogP contribution in [0, 0.1) is 0 Å². The first-order valence-electron chi connectivity index (χ1n) is 9.45. The maximum atomic E-state index is 12.8. The van der Waals surface area contributed by atoms with Gasteiger partial charge in [-0.25, -0.2) is 0 Å². The zero-order valence-electron chi connectivity index (χ0n) is 15.3. The number of phenolic OH excluding ortho intramolecular Hbond substituents is 1. The Labute approximate surface area is 167 Å². The number of nitrogens with zero attached hydrogens (tertiary/aromatic N) is 1. The monoisotopic (exact) mass is 391 g/mol. The van der Waals surface area contributed by atoms with Crippen LogP contribution < -0.4 is 10.6 Å². The molecule has 1 aromatic heterocycles. The molecule has 0 fully saturated rings. The summed E-state index contributed by atoms with van der Waals surface area (Å²) in [6.45, 7) is 2.72. The Balaban J connectivity index is 1.40. The number of carbonyl (C=O) groups excluding carboxylic acids is 1. The molecule has 0 spiro atoms. The summed E-state index contributed by atoms with van der Waals surface area (Å²) in [5.74, 6) is 0.120. The quantitative estimate of drug-likeness (QED) is 0.634. The van der Waals surface area contributed by atoms with Crippen molar-refractivity contribution < 1.29 is 9.90 Å². The molecule has 6 heteroatoms. The van der Waals surface area contributed by atoms with Crippen molar-refractivity contribution in [2.24, 2.45) is 0 Å². The number of rotatable bonds is 3. The van der Waals surface area contributed by atoms with Crippen LogP contribution >= 0.6 is 11.3 Å². The molecule has 2 aliphatic heterocycles. The van der Waals surface area contributed by atoms with Crippen molar-refractivity contribution in [3.05, 3.63) is 81.7 Å². The summed E-state index contributed by atoms with van der Waals surface area (Å²) >= 11 is 1.66. The predicted molar refractivity (Wildman–Crippen MR) is 111 cm³/mol. The van der Waals surface area contributed by atoms with E-state index in [4.69, 9.17) is 0 Å². The molecular formula is C22H21N3O2S. The van der Waals surface area contributed by atoms with Crippen LogP contribution in [0.2, 0.25) is 0 Å². The summed E-state index contributed by atoms with van der Waals surface area (Å²) in [6, 6.07) is 17.6. The molecule has 0 saturated heterocycles. The lowest BCUT2D eigenvalue weighted by molar-refractivity contribution is 0.0934. The van der Waals surface area contributed by atoms with Crippen molar-refractivity contribution in [1.29, 1.82) is 0 Å². The minimum atomic E-state index is -0.415. The summed E-state index contributed by atoms with van der Waals surface area (Å²) in [5, 5.41) is 17.5. The number of phenols is 1. The number of thiophene rings is 1. The molecule has 5 nitrogen and oxygen atoms in total. The number of anilines is 1. The van der Waals surface area contributed by atoms with Crippen LogP contribution in [0.3, 0.4) is 0 Å². The Hall–Kier alpha value is -2.83. The van der Waals surface area contributed by atoms with Gasteiger partial charge in [-0.1, -0.05) is 48.5 Å². The number of para-hydroxylation sites is 1. The summed E-state index contributed by atoms with van der Waals surface area (Å²) in [7, 11) is 0. The second-order valence-corrected chi connectivity index (χ2v) is 8.37. The van der Waals surface area contributed by atoms with Gasteiger partial charge < -0.3 is 15.7 Å². The highest BCUT2D eigenvalue weighted by atomic mass is 32.1. The number of hydrogen-bond donors (Lipinski definition) is 3. The van der Waals surface area contributed by atoms with Crippen LogP contribution in [0.1, 0.15) is 38.1 Å². The van der Waals surface area contributed by atoms with Crippen LogP contribution in [-0.2, 0) is 19.5 Å². The number of fused-ring (bicyclic) bond motifs is 3. The molecule has 3 heterocycles. The third kappa shape index (κ3) is 3.04. The average molecular weight is 391 g/mol. The lowest BCUT2D eigenvalue weighted by atomic mass is 10.00. The van der Waals surface area contributed by atoms with Crippen LogP contribution in [-0.4, -0.2) is 22.5 Å². The molecular weight excluding hydrogens is 370 g/mol. The fourth-order valence-electron chi connectivity index (χ4n) is 4.03. The SMILES string of the molecule is O=C1N[C@H](c2ccccc2O)Nc2sc3c(c21)CCN(Cc1ccccc1)C3. The van der Waals surface area contributed by atoms with Gasteiger partial charge in [0, 0.05) is 30.1 Å². The van der Waals surface area contributed by atoms with Crippen LogP contribution in [0.4, 0.5) is 5.00 Å². The summed E-state index contributed by atoms with van der Waals surface area (Å²) in [4.78, 5) is 16.5. The minimum Gasteiger partial charge on any atom is -0.508 e. The van der Waals surface area contributed by atoms with Gasteiger partial charge >= 0.3 is 0 Å². The molecule has 2 aliphatic rings. The summed E-state index contributed by atoms with van der Waals surface area (Å²) < 4.78 is 0. The topological polar surface area (TPSA) is 64.6 Å². The molecule has 1 amide bonds. The molecule has 142 valence electrons. The predicted octanol–water partition coefficient (Wildman–Crippen LogP) is 3.87. The summed E-state index contributed by atoms with van der Waals surface area (Å²) in [5.41, 5.74) is 3.94. The third-order valence-corrected chi connectivity index (χ3v) is 6.56. The zero-order chi connectivity index (χ0) is 19.1. The highest BCUT2D eigenvalue weighted by Gasteiger charge is 2.33. The first kappa shape index (κ1) is 17.3. The van der Waals surface area contributed by atoms with Crippen molar-refractivity contribution >= 4 is 22.2 Å². The fourth-order valence-corrected chi connectivity index (χ4v) is 5.35. The lowest BCUT2D eigenvalue weighted by Gasteiger charge is -2.28. The van der Waals surface area contributed by atoms with Gasteiger partial charge in [-0.05, 0) is 23.6 Å². The Kier molecular flexibility index (Phi) is 4.30. The van der Waals surface area contributed by atoms with E-state index in [-0.39, 0.29) is 11.7 Å². The molecule has 3 N–H and O–H groups in total. The van der Waals surface area contributed by atoms with Crippen molar-refractivity contribution in [2.75, 3.05) is 11.9 Å². The van der Waals surface area contributed by atoms with E-state index < -0.39 is 6.17 Å². The van der Waals surface area contributed by atoms with Gasteiger partial charge in [0.15, 0.2) is 0 Å². The van der Waals surface area contributed by atoms with E-state index in [2.05, 4.69) is 39.8 Å². The number of amides is 1. The van der Waals surface area contributed by atoms with Gasteiger partial charge in [-0.3, -0.25) is 9.69 Å². The number of hydrogen-bond acceptors (Lipinski definition) is 5. The highest BCUT2D eigenvalue weighted by molar-refractivity contribution is 7.16. The second-order valence-electron chi connectivity index (χ2n) is 7.26. The molecule has 5 rings (SSSR count). The Morgan fingerprint density at radius 3 is 2.68 bits per heavy atom. The first-order valence-corrected chi connectivity index (χ1v) is 10.3. The molecule has 0 aliphatic carbocycles. The first-order chi connectivity index (χ1) is 13.7.